The molecule has 16 heteroatoms. The van der Waals surface area contributed by atoms with Gasteiger partial charge in [-0.1, -0.05) is 169 Å². The van der Waals surface area contributed by atoms with Gasteiger partial charge >= 0.3 is 41.9 Å². The highest BCUT2D eigenvalue weighted by molar-refractivity contribution is 5.73. The summed E-state index contributed by atoms with van der Waals surface area (Å²) in [7, 11) is 2.00. The van der Waals surface area contributed by atoms with Gasteiger partial charge in [-0.2, -0.15) is 0 Å². The lowest BCUT2D eigenvalue weighted by atomic mass is 10.1. The van der Waals surface area contributed by atoms with E-state index in [0.717, 1.165) is 122 Å². The summed E-state index contributed by atoms with van der Waals surface area (Å²) in [6.45, 7) is 9.37. The molecule has 2 fully saturated rings. The van der Waals surface area contributed by atoms with Crippen molar-refractivity contribution in [3.05, 3.63) is 0 Å². The Kier molecular flexibility index (Phi) is 42.1. The zero-order valence-electron chi connectivity index (χ0n) is 49.8. The van der Waals surface area contributed by atoms with Gasteiger partial charge in [0.2, 0.25) is 0 Å². The first-order valence-electron chi connectivity index (χ1n) is 31.5. The molecular formula is C62H110N2O14. The summed E-state index contributed by atoms with van der Waals surface area (Å²) in [5.41, 5.74) is 0. The van der Waals surface area contributed by atoms with Crippen LogP contribution in [0.3, 0.4) is 0 Å². The van der Waals surface area contributed by atoms with Crippen molar-refractivity contribution in [2.24, 2.45) is 11.8 Å². The maximum absolute atomic E-state index is 14.5. The zero-order chi connectivity index (χ0) is 56.9. The van der Waals surface area contributed by atoms with Gasteiger partial charge in [0.1, 0.15) is 19.3 Å². The highest BCUT2D eigenvalue weighted by Gasteiger charge is 2.37. The molecule has 1 amide bonds. The molecule has 0 saturated carbocycles. The standard InChI is InChI=1S/C62H110N2O14/c1-6-10-14-18-22-26-37-56(65)72-45-51(46-73-57(66)38-27-23-19-15-11-7-2)42-60(69)76-49-53-34-30-31-35-54(64(53)62(71)78-55-36-32-33-41-63(5)44-55)50-77-61(70)43-52(47-74-58(67)39-28-24-20-16-12-8-3)48-75-59(68)40-29-25-21-17-13-9-4/h51-55H,6-50H2,1-5H3/t53-,54+,55?. The largest absolute Gasteiger partial charge is 0.465 e. The number of likely N-dealkylation sites (tertiary alicyclic amines) is 2. The molecule has 1 unspecified atom stereocenters. The summed E-state index contributed by atoms with van der Waals surface area (Å²) in [4.78, 5) is 96.9. The van der Waals surface area contributed by atoms with Crippen LogP contribution in [-0.4, -0.2) is 130 Å². The van der Waals surface area contributed by atoms with E-state index in [9.17, 15) is 33.6 Å². The first-order valence-corrected chi connectivity index (χ1v) is 31.5. The number of hydrogen-bond acceptors (Lipinski definition) is 15. The first-order chi connectivity index (χ1) is 37.9. The van der Waals surface area contributed by atoms with Gasteiger partial charge in [0.15, 0.2) is 0 Å². The van der Waals surface area contributed by atoms with Gasteiger partial charge in [-0.05, 0) is 71.4 Å². The van der Waals surface area contributed by atoms with Crippen LogP contribution in [0.5, 0.6) is 0 Å². The Hall–Kier alpha value is -3.95. The molecule has 3 atom stereocenters. The van der Waals surface area contributed by atoms with Crippen molar-refractivity contribution in [1.29, 1.82) is 0 Å². The average Bonchev–Trinajstić information content (AvgIpc) is 3.77. The third-order valence-electron chi connectivity index (χ3n) is 15.1. The molecule has 2 aliphatic heterocycles. The Balaban J connectivity index is 2.20. The number of likely N-dealkylation sites (N-methyl/N-ethyl adjacent to an activating group) is 1. The highest BCUT2D eigenvalue weighted by Crippen LogP contribution is 2.27. The number of esters is 6. The lowest BCUT2D eigenvalue weighted by Gasteiger charge is -2.36. The van der Waals surface area contributed by atoms with Crippen LogP contribution >= 0.6 is 0 Å². The third-order valence-corrected chi connectivity index (χ3v) is 15.1. The minimum absolute atomic E-state index is 0.108. The second-order valence-electron chi connectivity index (χ2n) is 22.6. The molecule has 0 N–H and O–H groups in total. The molecule has 0 aromatic heterocycles. The monoisotopic (exact) mass is 1110 g/mol. The Morgan fingerprint density at radius 3 is 1.06 bits per heavy atom. The van der Waals surface area contributed by atoms with Crippen LogP contribution in [0.15, 0.2) is 0 Å². The van der Waals surface area contributed by atoms with Crippen molar-refractivity contribution in [3.8, 4) is 0 Å². The normalized spacial score (nSPS) is 17.0. The molecule has 2 saturated heterocycles. The van der Waals surface area contributed by atoms with Crippen molar-refractivity contribution >= 4 is 41.9 Å². The topological polar surface area (TPSA) is 191 Å². The molecule has 0 spiro atoms. The van der Waals surface area contributed by atoms with E-state index < -0.39 is 42.0 Å². The van der Waals surface area contributed by atoms with E-state index in [1.54, 1.807) is 4.90 Å². The third kappa shape index (κ3) is 36.3. The van der Waals surface area contributed by atoms with Crippen LogP contribution in [0.1, 0.15) is 265 Å². The van der Waals surface area contributed by atoms with Gasteiger partial charge in [-0.15, -0.1) is 0 Å². The van der Waals surface area contributed by atoms with E-state index in [0.29, 0.717) is 64.3 Å². The van der Waals surface area contributed by atoms with Crippen molar-refractivity contribution in [2.45, 2.75) is 283 Å². The Morgan fingerprint density at radius 2 is 0.718 bits per heavy atom. The fourth-order valence-corrected chi connectivity index (χ4v) is 10.2. The quantitative estimate of drug-likeness (QED) is 0.0318. The molecule has 0 aliphatic carbocycles. The van der Waals surface area contributed by atoms with Crippen LogP contribution in [0, 0.1) is 11.8 Å². The van der Waals surface area contributed by atoms with E-state index in [-0.39, 0.29) is 108 Å². The molecule has 0 bridgehead atoms. The Morgan fingerprint density at radius 1 is 0.397 bits per heavy atom. The zero-order valence-corrected chi connectivity index (χ0v) is 49.8. The summed E-state index contributed by atoms with van der Waals surface area (Å²) < 4.78 is 40.7. The van der Waals surface area contributed by atoms with E-state index in [1.807, 2.05) is 7.05 Å². The molecule has 0 radical (unpaired) electrons. The number of rotatable bonds is 45. The number of nitrogens with zero attached hydrogens (tertiary/aromatic N) is 2. The summed E-state index contributed by atoms with van der Waals surface area (Å²) in [5.74, 6) is -3.88. The van der Waals surface area contributed by atoms with Crippen molar-refractivity contribution in [3.63, 3.8) is 0 Å². The summed E-state index contributed by atoms with van der Waals surface area (Å²) in [6.07, 6.45) is 29.4. The van der Waals surface area contributed by atoms with Crippen LogP contribution in [0.4, 0.5) is 4.79 Å². The van der Waals surface area contributed by atoms with Crippen LogP contribution < -0.4 is 0 Å². The van der Waals surface area contributed by atoms with Crippen LogP contribution in [0.2, 0.25) is 0 Å². The Bertz CT molecular complexity index is 1450. The number of ether oxygens (including phenoxy) is 7. The molecule has 2 heterocycles. The molecule has 2 rings (SSSR count). The fourth-order valence-electron chi connectivity index (χ4n) is 10.2. The molecule has 78 heavy (non-hydrogen) atoms. The van der Waals surface area contributed by atoms with E-state index in [2.05, 4.69) is 32.6 Å². The number of hydrogen-bond donors (Lipinski definition) is 0. The minimum atomic E-state index is -0.634. The summed E-state index contributed by atoms with van der Waals surface area (Å²) in [6, 6.07) is -1.21. The number of carbonyl (C=O) groups is 7. The van der Waals surface area contributed by atoms with Gasteiger partial charge in [0.05, 0.1) is 51.4 Å². The predicted molar refractivity (Wildman–Crippen MR) is 303 cm³/mol. The van der Waals surface area contributed by atoms with E-state index in [1.165, 1.54) is 25.7 Å². The van der Waals surface area contributed by atoms with Crippen molar-refractivity contribution in [2.75, 3.05) is 59.8 Å². The van der Waals surface area contributed by atoms with E-state index in [4.69, 9.17) is 33.2 Å². The predicted octanol–water partition coefficient (Wildman–Crippen LogP) is 13.5. The van der Waals surface area contributed by atoms with Crippen LogP contribution in [0.25, 0.3) is 0 Å². The van der Waals surface area contributed by atoms with Gasteiger partial charge < -0.3 is 38.1 Å². The molecule has 2 aliphatic rings. The fraction of sp³-hybridized carbons (Fsp3) is 0.887. The molecular weight excluding hydrogens is 997 g/mol. The maximum atomic E-state index is 14.5. The summed E-state index contributed by atoms with van der Waals surface area (Å²) >= 11 is 0. The minimum Gasteiger partial charge on any atom is -0.465 e. The van der Waals surface area contributed by atoms with Crippen LogP contribution in [-0.2, 0) is 61.9 Å². The second kappa shape index (κ2) is 46.8. The van der Waals surface area contributed by atoms with Crippen molar-refractivity contribution in [1.82, 2.24) is 9.80 Å². The van der Waals surface area contributed by atoms with Gasteiger partial charge in [-0.25, -0.2) is 4.79 Å². The van der Waals surface area contributed by atoms with Crippen molar-refractivity contribution < 1.29 is 66.7 Å². The Labute approximate surface area is 471 Å². The molecule has 0 aromatic carbocycles. The molecule has 16 nitrogen and oxygen atoms in total. The van der Waals surface area contributed by atoms with Gasteiger partial charge in [0, 0.05) is 44.1 Å². The average molecular weight is 1110 g/mol. The molecule has 0 aromatic rings. The number of amides is 1. The van der Waals surface area contributed by atoms with Gasteiger partial charge in [0.25, 0.3) is 0 Å². The van der Waals surface area contributed by atoms with E-state index >= 15 is 0 Å². The SMILES string of the molecule is CCCCCCCCC(=O)OCC(COC(=O)CCCCCCCC)CC(=O)OC[C@H]1CCCC[C@@H](COC(=O)CC(COC(=O)CCCCCCCC)COC(=O)CCCCCCCC)N1C(=O)OC1CCCCN(C)C1. The number of unbranched alkanes of at least 4 members (excludes halogenated alkanes) is 20. The van der Waals surface area contributed by atoms with Gasteiger partial charge in [-0.3, -0.25) is 33.7 Å². The lowest BCUT2D eigenvalue weighted by Crippen LogP contribution is -2.52. The molecule has 452 valence electrons. The number of carbonyl (C=O) groups excluding carboxylic acids is 7. The highest BCUT2D eigenvalue weighted by atomic mass is 16.6. The smallest absolute Gasteiger partial charge is 0.410 e. The maximum Gasteiger partial charge on any atom is 0.410 e. The first kappa shape index (κ1) is 70.2. The lowest BCUT2D eigenvalue weighted by molar-refractivity contribution is -0.156. The second-order valence-corrected chi connectivity index (χ2v) is 22.6. The summed E-state index contributed by atoms with van der Waals surface area (Å²) in [5, 5.41) is 0.